The Morgan fingerprint density at radius 3 is 2.44 bits per heavy atom. The van der Waals surface area contributed by atoms with E-state index in [-0.39, 0.29) is 19.3 Å². The second kappa shape index (κ2) is 5.80. The molecule has 0 unspecified atom stereocenters. The van der Waals surface area contributed by atoms with Crippen LogP contribution in [0, 0.1) is 0 Å². The molecule has 4 heteroatoms. The van der Waals surface area contributed by atoms with E-state index in [0.717, 1.165) is 6.42 Å². The highest BCUT2D eigenvalue weighted by atomic mass is 16.3. The molecule has 0 spiro atoms. The summed E-state index contributed by atoms with van der Waals surface area (Å²) in [7, 11) is 0. The summed E-state index contributed by atoms with van der Waals surface area (Å²) < 4.78 is 0. The van der Waals surface area contributed by atoms with Crippen LogP contribution < -0.4 is 5.32 Å². The minimum Gasteiger partial charge on any atom is -0.394 e. The first-order chi connectivity index (χ1) is 8.67. The lowest BCUT2D eigenvalue weighted by Gasteiger charge is -2.42. The van der Waals surface area contributed by atoms with E-state index in [9.17, 15) is 15.3 Å². The second-order valence-corrected chi connectivity index (χ2v) is 5.22. The van der Waals surface area contributed by atoms with Crippen LogP contribution >= 0.6 is 0 Å². The third kappa shape index (κ3) is 3.09. The van der Waals surface area contributed by atoms with E-state index in [4.69, 9.17) is 0 Å². The average molecular weight is 251 g/mol. The van der Waals surface area contributed by atoms with Crippen LogP contribution in [-0.4, -0.2) is 46.2 Å². The molecule has 1 aromatic carbocycles. The van der Waals surface area contributed by atoms with E-state index in [1.54, 1.807) is 0 Å². The van der Waals surface area contributed by atoms with E-state index >= 15 is 0 Å². The van der Waals surface area contributed by atoms with Crippen LogP contribution in [0.4, 0.5) is 0 Å². The van der Waals surface area contributed by atoms with Crippen LogP contribution in [0.2, 0.25) is 0 Å². The van der Waals surface area contributed by atoms with E-state index < -0.39 is 11.6 Å². The molecule has 1 aromatic rings. The first-order valence-electron chi connectivity index (χ1n) is 6.39. The number of hydrogen-bond donors (Lipinski definition) is 4. The lowest BCUT2D eigenvalue weighted by Crippen LogP contribution is -2.62. The minimum absolute atomic E-state index is 0.0791. The fourth-order valence-electron chi connectivity index (χ4n) is 2.72. The molecule has 2 rings (SSSR count). The minimum atomic E-state index is -0.753. The van der Waals surface area contributed by atoms with Gasteiger partial charge in [-0.2, -0.15) is 0 Å². The molecule has 1 fully saturated rings. The Hall–Kier alpha value is -0.940. The monoisotopic (exact) mass is 251 g/mol. The third-order valence-electron chi connectivity index (χ3n) is 3.62. The molecule has 0 amide bonds. The number of aliphatic hydroxyl groups excluding tert-OH is 3. The topological polar surface area (TPSA) is 72.7 Å². The molecule has 0 saturated carbocycles. The van der Waals surface area contributed by atoms with Gasteiger partial charge in [0, 0.05) is 6.04 Å². The molecule has 1 saturated heterocycles. The van der Waals surface area contributed by atoms with Crippen molar-refractivity contribution in [2.75, 3.05) is 13.2 Å². The normalized spacial score (nSPS) is 27.1. The number of rotatable bonds is 4. The number of hydrogen-bond acceptors (Lipinski definition) is 4. The number of piperidine rings is 1. The molecular formula is C14H21NO3. The zero-order valence-corrected chi connectivity index (χ0v) is 10.4. The van der Waals surface area contributed by atoms with Crippen molar-refractivity contribution in [3.8, 4) is 0 Å². The van der Waals surface area contributed by atoms with Crippen LogP contribution in [0.5, 0.6) is 0 Å². The molecule has 2 atom stereocenters. The average Bonchev–Trinajstić information content (AvgIpc) is 2.39. The van der Waals surface area contributed by atoms with E-state index in [1.165, 1.54) is 5.56 Å². The predicted molar refractivity (Wildman–Crippen MR) is 69.2 cm³/mol. The Kier molecular flexibility index (Phi) is 4.35. The summed E-state index contributed by atoms with van der Waals surface area (Å²) in [6.45, 7) is -0.322. The SMILES string of the molecule is OCC1(CO)C[C@@H](O)C[C@@H](Cc2ccccc2)N1. The summed E-state index contributed by atoms with van der Waals surface area (Å²) in [6.07, 6.45) is 1.36. The van der Waals surface area contributed by atoms with Crippen molar-refractivity contribution in [2.45, 2.75) is 36.9 Å². The Morgan fingerprint density at radius 1 is 1.17 bits per heavy atom. The van der Waals surface area contributed by atoms with Crippen LogP contribution in [-0.2, 0) is 6.42 Å². The zero-order chi connectivity index (χ0) is 13.0. The van der Waals surface area contributed by atoms with E-state index in [0.29, 0.717) is 12.8 Å². The van der Waals surface area contributed by atoms with Gasteiger partial charge < -0.3 is 20.6 Å². The number of benzene rings is 1. The van der Waals surface area contributed by atoms with Crippen LogP contribution in [0.3, 0.4) is 0 Å². The van der Waals surface area contributed by atoms with Crippen LogP contribution in [0.15, 0.2) is 30.3 Å². The van der Waals surface area contributed by atoms with Crippen molar-refractivity contribution < 1.29 is 15.3 Å². The third-order valence-corrected chi connectivity index (χ3v) is 3.62. The van der Waals surface area contributed by atoms with Crippen molar-refractivity contribution in [3.63, 3.8) is 0 Å². The summed E-state index contributed by atoms with van der Waals surface area (Å²) in [5.41, 5.74) is 0.436. The lowest BCUT2D eigenvalue weighted by molar-refractivity contribution is -0.00537. The highest BCUT2D eigenvalue weighted by Crippen LogP contribution is 2.24. The molecule has 1 heterocycles. The highest BCUT2D eigenvalue weighted by Gasteiger charge is 2.38. The van der Waals surface area contributed by atoms with Crippen molar-refractivity contribution in [1.82, 2.24) is 5.32 Å². The van der Waals surface area contributed by atoms with Gasteiger partial charge in [0.15, 0.2) is 0 Å². The van der Waals surface area contributed by atoms with Gasteiger partial charge in [-0.05, 0) is 24.8 Å². The van der Waals surface area contributed by atoms with Gasteiger partial charge in [-0.3, -0.25) is 0 Å². The summed E-state index contributed by atoms with van der Waals surface area (Å²) in [5, 5.41) is 32.0. The molecule has 1 aliphatic rings. The highest BCUT2D eigenvalue weighted by molar-refractivity contribution is 5.16. The first-order valence-corrected chi connectivity index (χ1v) is 6.39. The van der Waals surface area contributed by atoms with Gasteiger partial charge in [0.05, 0.1) is 24.9 Å². The van der Waals surface area contributed by atoms with Crippen molar-refractivity contribution >= 4 is 0 Å². The molecule has 4 nitrogen and oxygen atoms in total. The Labute approximate surface area is 107 Å². The predicted octanol–water partition coefficient (Wildman–Crippen LogP) is 0.0654. The van der Waals surface area contributed by atoms with Gasteiger partial charge in [0.2, 0.25) is 0 Å². The summed E-state index contributed by atoms with van der Waals surface area (Å²) in [6, 6.07) is 10.1. The maximum Gasteiger partial charge on any atom is 0.0675 e. The fraction of sp³-hybridized carbons (Fsp3) is 0.571. The molecule has 18 heavy (non-hydrogen) atoms. The number of nitrogens with one attached hydrogen (secondary N) is 1. The van der Waals surface area contributed by atoms with Gasteiger partial charge in [0.25, 0.3) is 0 Å². The molecule has 0 radical (unpaired) electrons. The van der Waals surface area contributed by atoms with Gasteiger partial charge >= 0.3 is 0 Å². The van der Waals surface area contributed by atoms with Gasteiger partial charge in [-0.25, -0.2) is 0 Å². The van der Waals surface area contributed by atoms with Crippen molar-refractivity contribution in [3.05, 3.63) is 35.9 Å². The first kappa shape index (κ1) is 13.5. The van der Waals surface area contributed by atoms with Gasteiger partial charge in [0.1, 0.15) is 0 Å². The van der Waals surface area contributed by atoms with Crippen LogP contribution in [0.1, 0.15) is 18.4 Å². The van der Waals surface area contributed by atoms with Gasteiger partial charge in [-0.1, -0.05) is 30.3 Å². The summed E-state index contributed by atoms with van der Waals surface area (Å²) in [4.78, 5) is 0. The lowest BCUT2D eigenvalue weighted by atomic mass is 9.83. The Balaban J connectivity index is 2.05. The van der Waals surface area contributed by atoms with Crippen molar-refractivity contribution in [2.24, 2.45) is 0 Å². The summed E-state index contributed by atoms with van der Waals surface area (Å²) >= 11 is 0. The molecule has 100 valence electrons. The molecular weight excluding hydrogens is 230 g/mol. The molecule has 0 aromatic heterocycles. The maximum atomic E-state index is 9.89. The smallest absolute Gasteiger partial charge is 0.0675 e. The molecule has 1 aliphatic heterocycles. The zero-order valence-electron chi connectivity index (χ0n) is 10.4. The quantitative estimate of drug-likeness (QED) is 0.611. The standard InChI is InChI=1S/C14H21NO3/c16-9-14(10-17)8-13(18)7-12(15-14)6-11-4-2-1-3-5-11/h1-5,12-13,15-18H,6-10H2/t12-,13+/m1/s1. The number of aliphatic hydroxyl groups is 3. The van der Waals surface area contributed by atoms with E-state index in [1.807, 2.05) is 30.3 Å². The largest absolute Gasteiger partial charge is 0.394 e. The second-order valence-electron chi connectivity index (χ2n) is 5.22. The maximum absolute atomic E-state index is 9.89. The molecule has 0 bridgehead atoms. The van der Waals surface area contributed by atoms with Crippen LogP contribution in [0.25, 0.3) is 0 Å². The summed E-state index contributed by atoms with van der Waals surface area (Å²) in [5.74, 6) is 0. The fourth-order valence-corrected chi connectivity index (χ4v) is 2.72. The van der Waals surface area contributed by atoms with E-state index in [2.05, 4.69) is 5.32 Å². The molecule has 0 aliphatic carbocycles. The molecule has 4 N–H and O–H groups in total. The Bertz CT molecular complexity index is 365. The van der Waals surface area contributed by atoms with Crippen molar-refractivity contribution in [1.29, 1.82) is 0 Å². The van der Waals surface area contributed by atoms with Gasteiger partial charge in [-0.15, -0.1) is 0 Å². The Morgan fingerprint density at radius 2 is 1.83 bits per heavy atom.